The van der Waals surface area contributed by atoms with Crippen LogP contribution in [0.1, 0.15) is 42.1 Å². The van der Waals surface area contributed by atoms with Crippen molar-refractivity contribution in [3.63, 3.8) is 0 Å². The number of nitro benzene ring substituents is 1. The van der Waals surface area contributed by atoms with Gasteiger partial charge in [-0.05, 0) is 54.8 Å². The maximum absolute atomic E-state index is 13.9. The zero-order valence-corrected chi connectivity index (χ0v) is 29.7. The van der Waals surface area contributed by atoms with Crippen LogP contribution in [-0.4, -0.2) is 36.3 Å². The standard InChI is InChI=1S/C39H35N3O9S/c1-5-49-38(44)35-24(2)41-37(43)34(19-27-16-17-30(31(18-27)47-3)50-22-25-12-8-6-9-13-25)52-39(41)40-36(35)28-20-32(48-4)33(21-29(28)42(45)46)51-23-26-14-10-7-11-15-26/h6-21,36H,5,22-23H2,1-4H3/b34-19-/t36-/m1/s1. The summed E-state index contributed by atoms with van der Waals surface area (Å²) < 4.78 is 30.1. The average molecular weight is 722 g/mol. The topological polar surface area (TPSA) is 141 Å². The van der Waals surface area contributed by atoms with Gasteiger partial charge in [0.05, 0.1) is 47.5 Å². The summed E-state index contributed by atoms with van der Waals surface area (Å²) in [4.78, 5) is 44.4. The summed E-state index contributed by atoms with van der Waals surface area (Å²) in [6.07, 6.45) is 1.69. The van der Waals surface area contributed by atoms with Crippen molar-refractivity contribution >= 4 is 34.8 Å². The fourth-order valence-electron chi connectivity index (χ4n) is 5.77. The van der Waals surface area contributed by atoms with Gasteiger partial charge in [0.1, 0.15) is 19.3 Å². The van der Waals surface area contributed by atoms with Gasteiger partial charge in [-0.1, -0.05) is 78.1 Å². The minimum absolute atomic E-state index is 0.00880. The van der Waals surface area contributed by atoms with Crippen LogP contribution in [0.15, 0.2) is 106 Å². The normalized spacial score (nSPS) is 13.9. The van der Waals surface area contributed by atoms with Crippen LogP contribution in [0.2, 0.25) is 0 Å². The van der Waals surface area contributed by atoms with Gasteiger partial charge in [-0.2, -0.15) is 0 Å². The molecule has 52 heavy (non-hydrogen) atoms. The third-order valence-corrected chi connectivity index (χ3v) is 9.29. The molecule has 1 atom stereocenters. The number of carbonyl (C=O) groups is 1. The number of nitro groups is 1. The molecule has 0 spiro atoms. The van der Waals surface area contributed by atoms with Crippen LogP contribution in [0.4, 0.5) is 5.69 Å². The van der Waals surface area contributed by atoms with E-state index < -0.39 is 22.5 Å². The Balaban J connectivity index is 1.42. The quantitative estimate of drug-likeness (QED) is 0.0815. The van der Waals surface area contributed by atoms with Crippen LogP contribution in [0.25, 0.3) is 11.8 Å². The van der Waals surface area contributed by atoms with Gasteiger partial charge in [-0.3, -0.25) is 19.5 Å². The van der Waals surface area contributed by atoms with Crippen LogP contribution >= 0.6 is 11.3 Å². The summed E-state index contributed by atoms with van der Waals surface area (Å²) in [5.74, 6) is 0.620. The molecule has 0 saturated heterocycles. The molecule has 1 aliphatic rings. The van der Waals surface area contributed by atoms with E-state index in [2.05, 4.69) is 0 Å². The average Bonchev–Trinajstić information content (AvgIpc) is 3.47. The summed E-state index contributed by atoms with van der Waals surface area (Å²) >= 11 is 1.09. The number of allylic oxidation sites excluding steroid dienone is 1. The minimum Gasteiger partial charge on any atom is -0.493 e. The van der Waals surface area contributed by atoms with E-state index in [9.17, 15) is 19.7 Å². The molecule has 6 rings (SSSR count). The van der Waals surface area contributed by atoms with E-state index in [1.54, 1.807) is 38.1 Å². The summed E-state index contributed by atoms with van der Waals surface area (Å²) in [5.41, 5.74) is 2.08. The highest BCUT2D eigenvalue weighted by Gasteiger charge is 2.36. The van der Waals surface area contributed by atoms with Crippen molar-refractivity contribution in [3.8, 4) is 23.0 Å². The molecule has 0 amide bonds. The third kappa shape index (κ3) is 7.44. The first-order chi connectivity index (χ1) is 25.2. The Labute approximate surface area is 302 Å². The van der Waals surface area contributed by atoms with Crippen LogP contribution in [0.3, 0.4) is 0 Å². The van der Waals surface area contributed by atoms with Gasteiger partial charge in [0.15, 0.2) is 27.8 Å². The van der Waals surface area contributed by atoms with Crippen molar-refractivity contribution in [2.75, 3.05) is 20.8 Å². The zero-order chi connectivity index (χ0) is 36.8. The number of esters is 1. The highest BCUT2D eigenvalue weighted by molar-refractivity contribution is 7.07. The Bertz CT molecular complexity index is 2330. The van der Waals surface area contributed by atoms with Crippen molar-refractivity contribution in [3.05, 3.63) is 149 Å². The van der Waals surface area contributed by atoms with Crippen molar-refractivity contribution in [2.24, 2.45) is 4.99 Å². The largest absolute Gasteiger partial charge is 0.493 e. The van der Waals surface area contributed by atoms with Crippen LogP contribution in [0.5, 0.6) is 23.0 Å². The number of benzene rings is 4. The Morgan fingerprint density at radius 2 is 1.50 bits per heavy atom. The number of fused-ring (bicyclic) bond motifs is 1. The molecule has 0 unspecified atom stereocenters. The highest BCUT2D eigenvalue weighted by Crippen LogP contribution is 2.43. The monoisotopic (exact) mass is 721 g/mol. The Hall–Kier alpha value is -6.21. The lowest BCUT2D eigenvalue weighted by Crippen LogP contribution is -2.35. The molecule has 5 aromatic rings. The first-order valence-corrected chi connectivity index (χ1v) is 17.1. The number of carbonyl (C=O) groups excluding carboxylic acids is 1. The molecule has 0 bridgehead atoms. The number of methoxy groups -OCH3 is 2. The molecule has 266 valence electrons. The summed E-state index contributed by atoms with van der Waals surface area (Å²) in [7, 11) is 2.95. The first-order valence-electron chi connectivity index (χ1n) is 16.3. The Morgan fingerprint density at radius 1 is 0.885 bits per heavy atom. The number of thiazole rings is 1. The van der Waals surface area contributed by atoms with E-state index in [1.807, 2.05) is 60.7 Å². The Morgan fingerprint density at radius 3 is 2.10 bits per heavy atom. The summed E-state index contributed by atoms with van der Waals surface area (Å²) in [6.45, 7) is 3.78. The maximum atomic E-state index is 13.9. The molecule has 2 heterocycles. The lowest BCUT2D eigenvalue weighted by atomic mass is 9.94. The zero-order valence-electron chi connectivity index (χ0n) is 28.9. The predicted octanol–water partition coefficient (Wildman–Crippen LogP) is 5.99. The van der Waals surface area contributed by atoms with Gasteiger partial charge in [0, 0.05) is 5.70 Å². The number of nitrogens with zero attached hydrogens (tertiary/aromatic N) is 3. The number of hydrogen-bond donors (Lipinski definition) is 0. The fraction of sp³-hybridized carbons (Fsp3) is 0.205. The summed E-state index contributed by atoms with van der Waals surface area (Å²) in [5, 5.41) is 12.5. The molecule has 0 saturated carbocycles. The minimum atomic E-state index is -1.19. The van der Waals surface area contributed by atoms with Gasteiger partial charge < -0.3 is 23.7 Å². The molecule has 0 N–H and O–H groups in total. The highest BCUT2D eigenvalue weighted by atomic mass is 32.1. The van der Waals surface area contributed by atoms with Gasteiger partial charge in [-0.25, -0.2) is 9.79 Å². The number of aromatic nitrogens is 1. The van der Waals surface area contributed by atoms with Crippen LogP contribution in [-0.2, 0) is 22.7 Å². The van der Waals surface area contributed by atoms with E-state index in [0.29, 0.717) is 28.2 Å². The molecule has 12 nitrogen and oxygen atoms in total. The summed E-state index contributed by atoms with van der Waals surface area (Å²) in [6, 6.07) is 25.9. The lowest BCUT2D eigenvalue weighted by Gasteiger charge is -2.23. The molecule has 4 aromatic carbocycles. The van der Waals surface area contributed by atoms with Crippen LogP contribution in [0, 0.1) is 10.1 Å². The van der Waals surface area contributed by atoms with E-state index in [0.717, 1.165) is 22.5 Å². The smallest absolute Gasteiger partial charge is 0.338 e. The predicted molar refractivity (Wildman–Crippen MR) is 195 cm³/mol. The first kappa shape index (κ1) is 35.6. The van der Waals surface area contributed by atoms with Crippen LogP contribution < -0.4 is 33.8 Å². The molecule has 0 fully saturated rings. The molecular formula is C39H35N3O9S. The molecule has 1 aromatic heterocycles. The molecular weight excluding hydrogens is 687 g/mol. The van der Waals surface area contributed by atoms with Crippen molar-refractivity contribution in [1.82, 2.24) is 4.57 Å². The second kappa shape index (κ2) is 15.8. The lowest BCUT2D eigenvalue weighted by molar-refractivity contribution is -0.385. The Kier molecular flexibility index (Phi) is 10.8. The number of ether oxygens (including phenoxy) is 5. The van der Waals surface area contributed by atoms with Gasteiger partial charge in [-0.15, -0.1) is 0 Å². The number of rotatable bonds is 13. The van der Waals surface area contributed by atoms with Gasteiger partial charge >= 0.3 is 5.97 Å². The van der Waals surface area contributed by atoms with E-state index in [-0.39, 0.29) is 52.0 Å². The molecule has 13 heteroatoms. The fourth-order valence-corrected chi connectivity index (χ4v) is 6.81. The maximum Gasteiger partial charge on any atom is 0.338 e. The van der Waals surface area contributed by atoms with Gasteiger partial charge in [0.25, 0.3) is 11.2 Å². The second-order valence-corrected chi connectivity index (χ2v) is 12.6. The van der Waals surface area contributed by atoms with E-state index in [1.165, 1.54) is 30.9 Å². The van der Waals surface area contributed by atoms with Crippen molar-refractivity contribution in [2.45, 2.75) is 33.1 Å². The number of hydrogen-bond acceptors (Lipinski definition) is 11. The molecule has 1 aliphatic heterocycles. The molecule has 0 aliphatic carbocycles. The molecule has 0 radical (unpaired) electrons. The third-order valence-electron chi connectivity index (χ3n) is 8.30. The van der Waals surface area contributed by atoms with Gasteiger partial charge in [0.2, 0.25) is 0 Å². The van der Waals surface area contributed by atoms with Crippen molar-refractivity contribution < 1.29 is 33.4 Å². The van der Waals surface area contributed by atoms with E-state index >= 15 is 0 Å². The second-order valence-electron chi connectivity index (χ2n) is 11.6. The van der Waals surface area contributed by atoms with E-state index in [4.69, 9.17) is 28.7 Å². The SMILES string of the molecule is CCOC(=O)C1=C(C)n2c(s/c(=C\c3ccc(OCc4ccccc4)c(OC)c3)c2=O)=N[C@@H]1c1cc(OC)c(OCc2ccccc2)cc1[N+](=O)[O-]. The van der Waals surface area contributed by atoms with Crippen molar-refractivity contribution in [1.29, 1.82) is 0 Å².